The highest BCUT2D eigenvalue weighted by Crippen LogP contribution is 2.21. The molecule has 0 aromatic heterocycles. The zero-order valence-corrected chi connectivity index (χ0v) is 13.8. The fourth-order valence-electron chi connectivity index (χ4n) is 2.62. The number of rotatable bonds is 9. The molecule has 22 heavy (non-hydrogen) atoms. The average molecular weight is 308 g/mol. The molecular formula is C17H28N2O3. The third-order valence-corrected chi connectivity index (χ3v) is 3.88. The maximum atomic E-state index is 5.55. The SMILES string of the molecule is COCCCNCc1ccc(CN2CCOCC2)cc1OC. The Balaban J connectivity index is 1.86. The molecule has 0 spiro atoms. The third kappa shape index (κ3) is 5.57. The first-order valence-corrected chi connectivity index (χ1v) is 7.99. The predicted molar refractivity (Wildman–Crippen MR) is 87.3 cm³/mol. The number of nitrogens with zero attached hydrogens (tertiary/aromatic N) is 1. The molecule has 124 valence electrons. The normalized spacial score (nSPS) is 15.9. The van der Waals surface area contributed by atoms with Crippen LogP contribution in [0.3, 0.4) is 0 Å². The highest BCUT2D eigenvalue weighted by atomic mass is 16.5. The van der Waals surface area contributed by atoms with Crippen molar-refractivity contribution in [3.63, 3.8) is 0 Å². The molecule has 1 aliphatic heterocycles. The maximum Gasteiger partial charge on any atom is 0.123 e. The first kappa shape index (κ1) is 17.2. The van der Waals surface area contributed by atoms with Crippen LogP contribution in [0.2, 0.25) is 0 Å². The summed E-state index contributed by atoms with van der Waals surface area (Å²) in [6, 6.07) is 6.52. The van der Waals surface area contributed by atoms with E-state index in [1.807, 2.05) is 0 Å². The van der Waals surface area contributed by atoms with E-state index in [1.165, 1.54) is 11.1 Å². The molecule has 2 rings (SSSR count). The quantitative estimate of drug-likeness (QED) is 0.703. The van der Waals surface area contributed by atoms with Gasteiger partial charge in [-0.25, -0.2) is 0 Å². The smallest absolute Gasteiger partial charge is 0.123 e. The predicted octanol–water partition coefficient (Wildman–Crippen LogP) is 1.65. The zero-order valence-electron chi connectivity index (χ0n) is 13.8. The Morgan fingerprint density at radius 1 is 1.23 bits per heavy atom. The van der Waals surface area contributed by atoms with Gasteiger partial charge in [0, 0.05) is 45.5 Å². The van der Waals surface area contributed by atoms with Crippen molar-refractivity contribution in [1.29, 1.82) is 0 Å². The minimum absolute atomic E-state index is 0.794. The van der Waals surface area contributed by atoms with Crippen molar-refractivity contribution in [3.05, 3.63) is 29.3 Å². The summed E-state index contributed by atoms with van der Waals surface area (Å²) in [7, 11) is 3.47. The molecule has 0 saturated carbocycles. The van der Waals surface area contributed by atoms with E-state index in [-0.39, 0.29) is 0 Å². The van der Waals surface area contributed by atoms with Gasteiger partial charge < -0.3 is 19.5 Å². The van der Waals surface area contributed by atoms with Crippen molar-refractivity contribution in [2.24, 2.45) is 0 Å². The molecule has 1 saturated heterocycles. The summed E-state index contributed by atoms with van der Waals surface area (Å²) in [6.45, 7) is 7.21. The summed E-state index contributed by atoms with van der Waals surface area (Å²) in [6.07, 6.45) is 1.02. The lowest BCUT2D eigenvalue weighted by Gasteiger charge is -2.26. The molecule has 0 atom stereocenters. The second kappa shape index (κ2) is 9.79. The molecule has 1 aliphatic rings. The van der Waals surface area contributed by atoms with Gasteiger partial charge in [-0.15, -0.1) is 0 Å². The van der Waals surface area contributed by atoms with Crippen LogP contribution in [-0.4, -0.2) is 58.6 Å². The van der Waals surface area contributed by atoms with Crippen molar-refractivity contribution >= 4 is 0 Å². The minimum atomic E-state index is 0.794. The van der Waals surface area contributed by atoms with Crippen molar-refractivity contribution in [2.45, 2.75) is 19.5 Å². The second-order valence-corrected chi connectivity index (χ2v) is 5.56. The first-order valence-electron chi connectivity index (χ1n) is 7.99. The molecule has 1 fully saturated rings. The summed E-state index contributed by atoms with van der Waals surface area (Å²) in [5.74, 6) is 0.963. The summed E-state index contributed by atoms with van der Waals surface area (Å²) in [5.41, 5.74) is 2.49. The van der Waals surface area contributed by atoms with E-state index in [0.29, 0.717) is 0 Å². The molecule has 1 aromatic rings. The summed E-state index contributed by atoms with van der Waals surface area (Å²) >= 11 is 0. The second-order valence-electron chi connectivity index (χ2n) is 5.56. The van der Waals surface area contributed by atoms with Crippen LogP contribution in [-0.2, 0) is 22.6 Å². The number of hydrogen-bond donors (Lipinski definition) is 1. The number of methoxy groups -OCH3 is 2. The molecule has 1 heterocycles. The van der Waals surface area contributed by atoms with E-state index in [0.717, 1.165) is 64.7 Å². The lowest BCUT2D eigenvalue weighted by molar-refractivity contribution is 0.0341. The van der Waals surface area contributed by atoms with E-state index in [2.05, 4.69) is 28.4 Å². The van der Waals surface area contributed by atoms with Crippen molar-refractivity contribution in [2.75, 3.05) is 53.7 Å². The van der Waals surface area contributed by atoms with Gasteiger partial charge in [-0.3, -0.25) is 4.90 Å². The van der Waals surface area contributed by atoms with E-state index >= 15 is 0 Å². The fraction of sp³-hybridized carbons (Fsp3) is 0.647. The Hall–Kier alpha value is -1.14. The molecule has 0 bridgehead atoms. The standard InChI is InChI=1S/C17H28N2O3/c1-20-9-3-6-18-13-16-5-4-15(12-17(16)21-2)14-19-7-10-22-11-8-19/h4-5,12,18H,3,6-11,13-14H2,1-2H3. The Labute approximate surface area is 133 Å². The Kier molecular flexibility index (Phi) is 7.66. The van der Waals surface area contributed by atoms with E-state index in [9.17, 15) is 0 Å². The van der Waals surface area contributed by atoms with Crippen molar-refractivity contribution in [1.82, 2.24) is 10.2 Å². The van der Waals surface area contributed by atoms with Crippen LogP contribution in [0.15, 0.2) is 18.2 Å². The van der Waals surface area contributed by atoms with Gasteiger partial charge in [-0.1, -0.05) is 12.1 Å². The lowest BCUT2D eigenvalue weighted by atomic mass is 10.1. The molecule has 5 heteroatoms. The average Bonchev–Trinajstić information content (AvgIpc) is 2.56. The van der Waals surface area contributed by atoms with Gasteiger partial charge in [-0.05, 0) is 24.6 Å². The molecular weight excluding hydrogens is 280 g/mol. The highest BCUT2D eigenvalue weighted by molar-refractivity contribution is 5.37. The molecule has 0 aliphatic carbocycles. The van der Waals surface area contributed by atoms with Gasteiger partial charge in [0.2, 0.25) is 0 Å². The third-order valence-electron chi connectivity index (χ3n) is 3.88. The van der Waals surface area contributed by atoms with Gasteiger partial charge in [-0.2, -0.15) is 0 Å². The van der Waals surface area contributed by atoms with Gasteiger partial charge in [0.05, 0.1) is 20.3 Å². The number of morpholine rings is 1. The topological polar surface area (TPSA) is 43.0 Å². The number of ether oxygens (including phenoxy) is 3. The van der Waals surface area contributed by atoms with Crippen LogP contribution in [0.5, 0.6) is 5.75 Å². The molecule has 5 nitrogen and oxygen atoms in total. The van der Waals surface area contributed by atoms with E-state index < -0.39 is 0 Å². The number of hydrogen-bond acceptors (Lipinski definition) is 5. The van der Waals surface area contributed by atoms with Crippen LogP contribution in [0, 0.1) is 0 Å². The highest BCUT2D eigenvalue weighted by Gasteiger charge is 2.12. The first-order chi connectivity index (χ1) is 10.8. The van der Waals surface area contributed by atoms with Gasteiger partial charge in [0.25, 0.3) is 0 Å². The molecule has 1 aromatic carbocycles. The van der Waals surface area contributed by atoms with Crippen molar-refractivity contribution in [3.8, 4) is 5.75 Å². The Bertz CT molecular complexity index is 434. The summed E-state index contributed by atoms with van der Waals surface area (Å²) in [5, 5.41) is 3.43. The van der Waals surface area contributed by atoms with Crippen LogP contribution in [0.25, 0.3) is 0 Å². The zero-order chi connectivity index (χ0) is 15.6. The fourth-order valence-corrected chi connectivity index (χ4v) is 2.62. The van der Waals surface area contributed by atoms with Crippen LogP contribution in [0.1, 0.15) is 17.5 Å². The lowest BCUT2D eigenvalue weighted by Crippen LogP contribution is -2.35. The number of nitrogens with one attached hydrogen (secondary N) is 1. The molecule has 0 radical (unpaired) electrons. The molecule has 0 unspecified atom stereocenters. The van der Waals surface area contributed by atoms with Crippen LogP contribution >= 0.6 is 0 Å². The summed E-state index contributed by atoms with van der Waals surface area (Å²) in [4.78, 5) is 2.42. The van der Waals surface area contributed by atoms with Crippen LogP contribution < -0.4 is 10.1 Å². The van der Waals surface area contributed by atoms with Gasteiger partial charge in [0.1, 0.15) is 5.75 Å². The summed E-state index contributed by atoms with van der Waals surface area (Å²) < 4.78 is 16.0. The Morgan fingerprint density at radius 2 is 2.05 bits per heavy atom. The van der Waals surface area contributed by atoms with Gasteiger partial charge >= 0.3 is 0 Å². The monoisotopic (exact) mass is 308 g/mol. The van der Waals surface area contributed by atoms with E-state index in [1.54, 1.807) is 14.2 Å². The van der Waals surface area contributed by atoms with Crippen LogP contribution in [0.4, 0.5) is 0 Å². The minimum Gasteiger partial charge on any atom is -0.496 e. The Morgan fingerprint density at radius 3 is 2.77 bits per heavy atom. The van der Waals surface area contributed by atoms with E-state index in [4.69, 9.17) is 14.2 Å². The maximum absolute atomic E-state index is 5.55. The molecule has 1 N–H and O–H groups in total. The number of benzene rings is 1. The van der Waals surface area contributed by atoms with Gasteiger partial charge in [0.15, 0.2) is 0 Å². The van der Waals surface area contributed by atoms with Crippen molar-refractivity contribution < 1.29 is 14.2 Å². The molecule has 0 amide bonds. The largest absolute Gasteiger partial charge is 0.496 e.